The van der Waals surface area contributed by atoms with Gasteiger partial charge in [-0.15, -0.1) is 0 Å². The van der Waals surface area contributed by atoms with Gasteiger partial charge in [0.05, 0.1) is 18.5 Å². The van der Waals surface area contributed by atoms with Crippen molar-refractivity contribution in [2.75, 3.05) is 31.6 Å². The van der Waals surface area contributed by atoms with Crippen LogP contribution in [0.4, 0.5) is 5.69 Å². The lowest BCUT2D eigenvalue weighted by Gasteiger charge is -2.18. The number of hydrogen-bond acceptors (Lipinski definition) is 6. The van der Waals surface area contributed by atoms with Crippen LogP contribution in [-0.4, -0.2) is 56.5 Å². The molecule has 0 saturated carbocycles. The van der Waals surface area contributed by atoms with Gasteiger partial charge in [-0.25, -0.2) is 4.98 Å². The number of carbonyl (C=O) groups excluding carboxylic acids is 1. The van der Waals surface area contributed by atoms with Gasteiger partial charge < -0.3 is 24.5 Å². The van der Waals surface area contributed by atoms with Crippen molar-refractivity contribution in [2.24, 2.45) is 0 Å². The largest absolute Gasteiger partial charge is 0.511 e. The number of aromatic nitrogens is 3. The molecule has 8 nitrogen and oxygen atoms in total. The molecule has 1 saturated heterocycles. The molecule has 0 atom stereocenters. The molecule has 1 aliphatic carbocycles. The summed E-state index contributed by atoms with van der Waals surface area (Å²) in [6.07, 6.45) is 9.63. The fourth-order valence-electron chi connectivity index (χ4n) is 4.49. The van der Waals surface area contributed by atoms with Crippen molar-refractivity contribution in [1.29, 1.82) is 0 Å². The maximum atomic E-state index is 13.2. The van der Waals surface area contributed by atoms with Crippen LogP contribution in [0.25, 0.3) is 11.2 Å². The van der Waals surface area contributed by atoms with Crippen LogP contribution in [0.15, 0.2) is 48.6 Å². The number of imidazole rings is 1. The van der Waals surface area contributed by atoms with Gasteiger partial charge >= 0.3 is 0 Å². The predicted octanol–water partition coefficient (Wildman–Crippen LogP) is 3.45. The van der Waals surface area contributed by atoms with Crippen molar-refractivity contribution in [1.82, 2.24) is 19.3 Å². The Balaban J connectivity index is 1.31. The fourth-order valence-corrected chi connectivity index (χ4v) is 4.49. The van der Waals surface area contributed by atoms with E-state index in [2.05, 4.69) is 20.2 Å². The molecule has 32 heavy (non-hydrogen) atoms. The Hall–Kier alpha value is -3.39. The van der Waals surface area contributed by atoms with Gasteiger partial charge in [-0.2, -0.15) is 0 Å². The van der Waals surface area contributed by atoms with Crippen molar-refractivity contribution in [3.63, 3.8) is 0 Å². The highest BCUT2D eigenvalue weighted by atomic mass is 16.5. The van der Waals surface area contributed by atoms with Crippen LogP contribution in [0.1, 0.15) is 37.1 Å². The Bertz CT molecular complexity index is 1160. The van der Waals surface area contributed by atoms with Crippen LogP contribution < -0.4 is 10.1 Å². The second-order valence-corrected chi connectivity index (χ2v) is 8.23. The molecule has 2 aliphatic rings. The minimum atomic E-state index is -0.415. The highest BCUT2D eigenvalue weighted by Gasteiger charge is 2.29. The van der Waals surface area contributed by atoms with E-state index < -0.39 is 5.91 Å². The molecule has 3 aromatic rings. The molecule has 3 aromatic heterocycles. The molecule has 4 heterocycles. The fraction of sp³-hybridized carbons (Fsp3) is 0.375. The average Bonchev–Trinajstić information content (AvgIpc) is 3.45. The number of anilines is 1. The van der Waals surface area contributed by atoms with Gasteiger partial charge in [0.2, 0.25) is 0 Å². The van der Waals surface area contributed by atoms with Gasteiger partial charge in [0.25, 0.3) is 5.91 Å². The van der Waals surface area contributed by atoms with Crippen LogP contribution in [-0.2, 0) is 11.2 Å². The number of carbonyl (C=O) groups is 1. The van der Waals surface area contributed by atoms with E-state index in [0.717, 1.165) is 24.3 Å². The second-order valence-electron chi connectivity index (χ2n) is 8.23. The normalized spacial score (nSPS) is 16.4. The molecule has 8 heteroatoms. The van der Waals surface area contributed by atoms with Crippen LogP contribution in [0, 0.1) is 0 Å². The summed E-state index contributed by atoms with van der Waals surface area (Å²) in [5.41, 5.74) is 2.89. The standard InChI is InChI=1S/C24H27N5O3/c30-19-8-7-18-23(27-21-6-1-2-14-29(18)21)22(19)24(31)26-17-16-25-10-9-20(17)32-15-5-13-28-11-3-4-12-28/h1-2,6,9-10,14,16,30H,3-5,7-8,11-13,15H2,(H,26,31). The number of aliphatic hydroxyl groups excluding tert-OH is 1. The molecular weight excluding hydrogens is 406 g/mol. The lowest BCUT2D eigenvalue weighted by molar-refractivity contribution is -0.111. The third kappa shape index (κ3) is 4.05. The SMILES string of the molecule is O=C(Nc1cnccc1OCCCN1CCCC1)C1=C(O)CCc2c1nc1ccccn21. The van der Waals surface area contributed by atoms with Crippen molar-refractivity contribution < 1.29 is 14.6 Å². The zero-order valence-corrected chi connectivity index (χ0v) is 18.0. The summed E-state index contributed by atoms with van der Waals surface area (Å²) in [6.45, 7) is 3.92. The number of pyridine rings is 2. The maximum absolute atomic E-state index is 13.2. The monoisotopic (exact) mass is 433 g/mol. The minimum Gasteiger partial charge on any atom is -0.511 e. The van der Waals surface area contributed by atoms with E-state index in [1.165, 1.54) is 25.9 Å². The molecule has 0 radical (unpaired) electrons. The Morgan fingerprint density at radius 2 is 2.06 bits per heavy atom. The molecule has 1 aliphatic heterocycles. The van der Waals surface area contributed by atoms with Gasteiger partial charge in [0.1, 0.15) is 34.1 Å². The number of fused-ring (bicyclic) bond motifs is 3. The number of aliphatic hydroxyl groups is 1. The number of nitrogens with one attached hydrogen (secondary N) is 1. The number of nitrogens with zero attached hydrogens (tertiary/aromatic N) is 4. The first-order valence-electron chi connectivity index (χ1n) is 11.2. The molecule has 5 rings (SSSR count). The first kappa shape index (κ1) is 20.5. The van der Waals surface area contributed by atoms with Crippen LogP contribution in [0.2, 0.25) is 0 Å². The van der Waals surface area contributed by atoms with E-state index in [4.69, 9.17) is 4.74 Å². The zero-order chi connectivity index (χ0) is 21.9. The van der Waals surface area contributed by atoms with E-state index in [-0.39, 0.29) is 11.3 Å². The number of likely N-dealkylation sites (tertiary alicyclic amines) is 1. The van der Waals surface area contributed by atoms with E-state index in [0.29, 0.717) is 36.6 Å². The molecule has 0 aromatic carbocycles. The number of rotatable bonds is 7. The summed E-state index contributed by atoms with van der Waals surface area (Å²) in [5.74, 6) is 0.207. The average molecular weight is 434 g/mol. The van der Waals surface area contributed by atoms with Crippen LogP contribution >= 0.6 is 0 Å². The summed E-state index contributed by atoms with van der Waals surface area (Å²) < 4.78 is 7.92. The highest BCUT2D eigenvalue weighted by molar-refractivity contribution is 6.26. The first-order valence-corrected chi connectivity index (χ1v) is 11.2. The van der Waals surface area contributed by atoms with Crippen LogP contribution in [0.3, 0.4) is 0 Å². The van der Waals surface area contributed by atoms with Crippen molar-refractivity contribution in [3.05, 3.63) is 60.0 Å². The van der Waals surface area contributed by atoms with Gasteiger partial charge in [0.15, 0.2) is 0 Å². The summed E-state index contributed by atoms with van der Waals surface area (Å²) in [4.78, 5) is 24.4. The maximum Gasteiger partial charge on any atom is 0.261 e. The highest BCUT2D eigenvalue weighted by Crippen LogP contribution is 2.32. The molecule has 0 unspecified atom stereocenters. The van der Waals surface area contributed by atoms with E-state index in [1.807, 2.05) is 28.8 Å². The van der Waals surface area contributed by atoms with Crippen molar-refractivity contribution in [3.8, 4) is 5.75 Å². The summed E-state index contributed by atoms with van der Waals surface area (Å²) in [7, 11) is 0. The predicted molar refractivity (Wildman–Crippen MR) is 122 cm³/mol. The molecule has 0 spiro atoms. The van der Waals surface area contributed by atoms with E-state index in [1.54, 1.807) is 18.5 Å². The van der Waals surface area contributed by atoms with Gasteiger partial charge in [-0.05, 0) is 50.9 Å². The number of allylic oxidation sites excluding steroid dienone is 1. The Morgan fingerprint density at radius 1 is 1.19 bits per heavy atom. The number of amides is 1. The molecule has 2 N–H and O–H groups in total. The van der Waals surface area contributed by atoms with E-state index in [9.17, 15) is 9.90 Å². The topological polar surface area (TPSA) is 92.0 Å². The summed E-state index contributed by atoms with van der Waals surface area (Å²) in [6, 6.07) is 7.47. The van der Waals surface area contributed by atoms with Crippen molar-refractivity contribution >= 4 is 22.8 Å². The Labute approximate surface area is 186 Å². The van der Waals surface area contributed by atoms with Crippen molar-refractivity contribution in [2.45, 2.75) is 32.1 Å². The third-order valence-electron chi connectivity index (χ3n) is 6.08. The molecule has 166 valence electrons. The Kier molecular flexibility index (Phi) is 5.77. The molecule has 0 bridgehead atoms. The van der Waals surface area contributed by atoms with Gasteiger partial charge in [0, 0.05) is 31.4 Å². The number of aryl methyl sites for hydroxylation is 1. The summed E-state index contributed by atoms with van der Waals surface area (Å²) in [5, 5.41) is 13.4. The van der Waals surface area contributed by atoms with Crippen LogP contribution in [0.5, 0.6) is 5.75 Å². The van der Waals surface area contributed by atoms with Gasteiger partial charge in [-0.3, -0.25) is 9.78 Å². The van der Waals surface area contributed by atoms with E-state index >= 15 is 0 Å². The first-order chi connectivity index (χ1) is 15.7. The second kappa shape index (κ2) is 9.00. The van der Waals surface area contributed by atoms with Gasteiger partial charge in [-0.1, -0.05) is 6.07 Å². The zero-order valence-electron chi connectivity index (χ0n) is 18.0. The smallest absolute Gasteiger partial charge is 0.261 e. The Morgan fingerprint density at radius 3 is 2.94 bits per heavy atom. The summed E-state index contributed by atoms with van der Waals surface area (Å²) >= 11 is 0. The number of ether oxygens (including phenoxy) is 1. The molecular formula is C24H27N5O3. The molecule has 1 fully saturated rings. The minimum absolute atomic E-state index is 0.0513. The third-order valence-corrected chi connectivity index (χ3v) is 6.08. The lowest BCUT2D eigenvalue weighted by atomic mass is 9.97. The number of hydrogen-bond donors (Lipinski definition) is 2. The lowest BCUT2D eigenvalue weighted by Crippen LogP contribution is -2.22. The molecule has 1 amide bonds. The quantitative estimate of drug-likeness (QED) is 0.555.